The molecule has 168 valence electrons. The lowest BCUT2D eigenvalue weighted by molar-refractivity contribution is -0.121. The van der Waals surface area contributed by atoms with Crippen molar-refractivity contribution in [2.75, 3.05) is 23.0 Å². The Morgan fingerprint density at radius 1 is 1.16 bits per heavy atom. The summed E-state index contributed by atoms with van der Waals surface area (Å²) in [5.41, 5.74) is 11.6. The van der Waals surface area contributed by atoms with E-state index in [-0.39, 0.29) is 30.4 Å². The number of hydrazine groups is 1. The minimum atomic E-state index is -0.339. The molecule has 0 bridgehead atoms. The van der Waals surface area contributed by atoms with E-state index in [1.165, 1.54) is 4.57 Å². The second kappa shape index (κ2) is 10.4. The monoisotopic (exact) mass is 436 g/mol. The van der Waals surface area contributed by atoms with Crippen molar-refractivity contribution in [3.8, 4) is 0 Å². The number of nitrogens with one attached hydrogen (secondary N) is 3. The molecule has 2 aromatic heterocycles. The molecule has 3 rings (SSSR count). The molecule has 0 radical (unpaired) electrons. The van der Waals surface area contributed by atoms with Crippen LogP contribution >= 0.6 is 0 Å². The zero-order chi connectivity index (χ0) is 23.1. The Labute approximate surface area is 186 Å². The van der Waals surface area contributed by atoms with Crippen molar-refractivity contribution in [3.05, 3.63) is 75.5 Å². The molecule has 10 nitrogen and oxygen atoms in total. The molecule has 7 N–H and O–H groups in total. The normalized spacial score (nSPS) is 10.6. The Kier molecular flexibility index (Phi) is 7.40. The summed E-state index contributed by atoms with van der Waals surface area (Å²) in [7, 11) is 0. The molecule has 2 heterocycles. The number of rotatable bonds is 9. The quantitative estimate of drug-likeness (QED) is 0.247. The Morgan fingerprint density at radius 3 is 2.62 bits per heavy atom. The fourth-order valence-electron chi connectivity index (χ4n) is 3.21. The highest BCUT2D eigenvalue weighted by atomic mass is 16.2. The fraction of sp³-hybridized carbons (Fsp3) is 0.273. The van der Waals surface area contributed by atoms with Crippen LogP contribution in [-0.2, 0) is 24.3 Å². The maximum absolute atomic E-state index is 12.8. The third-order valence-corrected chi connectivity index (χ3v) is 5.06. The van der Waals surface area contributed by atoms with Crippen LogP contribution in [0, 0.1) is 13.8 Å². The van der Waals surface area contributed by atoms with Crippen LogP contribution in [-0.4, -0.2) is 27.0 Å². The first-order valence-corrected chi connectivity index (χ1v) is 10.2. The average molecular weight is 437 g/mol. The molecule has 0 aliphatic heterocycles. The van der Waals surface area contributed by atoms with Crippen molar-refractivity contribution in [2.24, 2.45) is 5.84 Å². The summed E-state index contributed by atoms with van der Waals surface area (Å²) in [6.45, 7) is 4.21. The van der Waals surface area contributed by atoms with Gasteiger partial charge in [-0.1, -0.05) is 30.3 Å². The van der Waals surface area contributed by atoms with Crippen LogP contribution in [0.15, 0.2) is 47.4 Å². The van der Waals surface area contributed by atoms with Crippen molar-refractivity contribution in [1.29, 1.82) is 0 Å². The number of aromatic nitrogens is 3. The molecule has 1 aromatic carbocycles. The van der Waals surface area contributed by atoms with Crippen molar-refractivity contribution in [2.45, 2.75) is 33.4 Å². The number of pyridine rings is 1. The number of carbonyl (C=O) groups excluding carboxylic acids is 1. The second-order valence-corrected chi connectivity index (χ2v) is 7.39. The summed E-state index contributed by atoms with van der Waals surface area (Å²) in [5, 5.41) is 5.88. The molecule has 0 aliphatic rings. The Balaban J connectivity index is 1.62. The van der Waals surface area contributed by atoms with Gasteiger partial charge < -0.3 is 21.8 Å². The molecule has 0 unspecified atom stereocenters. The van der Waals surface area contributed by atoms with Crippen LogP contribution < -0.4 is 33.2 Å². The standard InChI is InChI=1S/C22H28N8O2/c1-14-11-27-21(25-9-8-16-6-4-3-5-7-16)22(32)30(14)13-19(31)26-12-17-10-18(23)20(29-24)28-15(17)2/h3-7,10-11H,8-9,12-13,23-24H2,1-2H3,(H,25,27)(H,26,31)(H,28,29). The maximum atomic E-state index is 12.8. The van der Waals surface area contributed by atoms with Gasteiger partial charge in [-0.3, -0.25) is 14.2 Å². The predicted octanol–water partition coefficient (Wildman–Crippen LogP) is 1.09. The number of hydrogen-bond acceptors (Lipinski definition) is 8. The summed E-state index contributed by atoms with van der Waals surface area (Å²) >= 11 is 0. The number of anilines is 3. The van der Waals surface area contributed by atoms with E-state index in [9.17, 15) is 9.59 Å². The van der Waals surface area contributed by atoms with Crippen molar-refractivity contribution >= 4 is 23.2 Å². The van der Waals surface area contributed by atoms with Gasteiger partial charge in [-0.05, 0) is 37.5 Å². The van der Waals surface area contributed by atoms with Crippen LogP contribution in [0.4, 0.5) is 17.3 Å². The smallest absolute Gasteiger partial charge is 0.293 e. The first-order chi connectivity index (χ1) is 15.4. The third kappa shape index (κ3) is 5.61. The molecule has 0 aliphatic carbocycles. The molecular formula is C22H28N8O2. The highest BCUT2D eigenvalue weighted by molar-refractivity contribution is 5.76. The van der Waals surface area contributed by atoms with E-state index in [4.69, 9.17) is 11.6 Å². The second-order valence-electron chi connectivity index (χ2n) is 7.39. The molecule has 32 heavy (non-hydrogen) atoms. The molecule has 3 aromatic rings. The van der Waals surface area contributed by atoms with Gasteiger partial charge in [0.25, 0.3) is 5.56 Å². The van der Waals surface area contributed by atoms with Gasteiger partial charge in [0.05, 0.1) is 5.69 Å². The molecular weight excluding hydrogens is 408 g/mol. The van der Waals surface area contributed by atoms with E-state index in [1.54, 1.807) is 26.1 Å². The number of amides is 1. The van der Waals surface area contributed by atoms with Gasteiger partial charge in [-0.25, -0.2) is 15.8 Å². The van der Waals surface area contributed by atoms with Crippen LogP contribution in [0.2, 0.25) is 0 Å². The molecule has 0 saturated heterocycles. The van der Waals surface area contributed by atoms with E-state index in [2.05, 4.69) is 26.0 Å². The fourth-order valence-corrected chi connectivity index (χ4v) is 3.21. The summed E-state index contributed by atoms with van der Waals surface area (Å²) in [4.78, 5) is 33.8. The van der Waals surface area contributed by atoms with Crippen molar-refractivity contribution in [1.82, 2.24) is 19.9 Å². The number of hydrogen-bond donors (Lipinski definition) is 5. The molecule has 0 spiro atoms. The van der Waals surface area contributed by atoms with E-state index < -0.39 is 0 Å². The lowest BCUT2D eigenvalue weighted by atomic mass is 10.1. The van der Waals surface area contributed by atoms with E-state index in [1.807, 2.05) is 30.3 Å². The maximum Gasteiger partial charge on any atom is 0.293 e. The summed E-state index contributed by atoms with van der Waals surface area (Å²) in [5.74, 6) is 5.66. The van der Waals surface area contributed by atoms with E-state index >= 15 is 0 Å². The minimum Gasteiger partial charge on any atom is -0.396 e. The molecule has 10 heteroatoms. The van der Waals surface area contributed by atoms with Crippen LogP contribution in [0.5, 0.6) is 0 Å². The third-order valence-electron chi connectivity index (χ3n) is 5.06. The van der Waals surface area contributed by atoms with Gasteiger partial charge >= 0.3 is 0 Å². The lowest BCUT2D eigenvalue weighted by Gasteiger charge is -2.14. The van der Waals surface area contributed by atoms with Crippen LogP contribution in [0.3, 0.4) is 0 Å². The number of aryl methyl sites for hydroxylation is 2. The minimum absolute atomic E-state index is 0.120. The largest absolute Gasteiger partial charge is 0.396 e. The summed E-state index contributed by atoms with van der Waals surface area (Å²) in [6.07, 6.45) is 2.33. The Morgan fingerprint density at radius 2 is 1.91 bits per heavy atom. The van der Waals surface area contributed by atoms with Crippen molar-refractivity contribution < 1.29 is 4.79 Å². The van der Waals surface area contributed by atoms with Gasteiger partial charge in [-0.15, -0.1) is 0 Å². The average Bonchev–Trinajstić information content (AvgIpc) is 2.79. The summed E-state index contributed by atoms with van der Waals surface area (Å²) in [6, 6.07) is 11.7. The molecule has 0 atom stereocenters. The first kappa shape index (κ1) is 22.8. The highest BCUT2D eigenvalue weighted by Gasteiger charge is 2.13. The van der Waals surface area contributed by atoms with Crippen LogP contribution in [0.1, 0.15) is 22.5 Å². The van der Waals surface area contributed by atoms with Crippen LogP contribution in [0.25, 0.3) is 0 Å². The number of nitrogens with two attached hydrogens (primary N) is 2. The van der Waals surface area contributed by atoms with Gasteiger partial charge in [0.1, 0.15) is 6.54 Å². The van der Waals surface area contributed by atoms with Gasteiger partial charge in [0.2, 0.25) is 5.91 Å². The van der Waals surface area contributed by atoms with Crippen molar-refractivity contribution in [3.63, 3.8) is 0 Å². The first-order valence-electron chi connectivity index (χ1n) is 10.2. The molecule has 0 fully saturated rings. The van der Waals surface area contributed by atoms with Gasteiger partial charge in [0, 0.05) is 30.7 Å². The number of nitrogens with zero attached hydrogens (tertiary/aromatic N) is 3. The molecule has 1 amide bonds. The topological polar surface area (TPSA) is 153 Å². The van der Waals surface area contributed by atoms with Gasteiger partial charge in [0.15, 0.2) is 11.6 Å². The Hall–Kier alpha value is -3.92. The number of nitrogen functional groups attached to an aromatic ring is 2. The molecule has 0 saturated carbocycles. The van der Waals surface area contributed by atoms with Gasteiger partial charge in [-0.2, -0.15) is 0 Å². The SMILES string of the molecule is Cc1nc(NN)c(N)cc1CNC(=O)Cn1c(C)cnc(NCCc2ccccc2)c1=O. The predicted molar refractivity (Wildman–Crippen MR) is 125 cm³/mol. The zero-order valence-corrected chi connectivity index (χ0v) is 18.2. The number of benzene rings is 1. The van der Waals surface area contributed by atoms with E-state index in [0.29, 0.717) is 29.4 Å². The summed E-state index contributed by atoms with van der Waals surface area (Å²) < 4.78 is 1.40. The lowest BCUT2D eigenvalue weighted by Crippen LogP contribution is -2.34. The Bertz CT molecular complexity index is 1140. The highest BCUT2D eigenvalue weighted by Crippen LogP contribution is 2.18. The van der Waals surface area contributed by atoms with E-state index in [0.717, 1.165) is 17.5 Å². The zero-order valence-electron chi connectivity index (χ0n) is 18.2. The number of carbonyl (C=O) groups is 1.